The zero-order chi connectivity index (χ0) is 13.6. The standard InChI is InChI=1S/C14H21NO4/c16-12(10-3-1-2-4-11(10)13(17)18)15-7-14(19,8-15)9-5-6-9/h9-11,19H,1-8H2,(H,17,18). The quantitative estimate of drug-likeness (QED) is 0.795. The Kier molecular flexibility index (Phi) is 3.04. The minimum atomic E-state index is -0.851. The number of carbonyl (C=O) groups excluding carboxylic acids is 1. The number of likely N-dealkylation sites (tertiary alicyclic amines) is 1. The molecule has 1 saturated heterocycles. The summed E-state index contributed by atoms with van der Waals surface area (Å²) < 4.78 is 0. The zero-order valence-corrected chi connectivity index (χ0v) is 11.0. The van der Waals surface area contributed by atoms with Crippen LogP contribution in [0.3, 0.4) is 0 Å². The van der Waals surface area contributed by atoms with Gasteiger partial charge in [0, 0.05) is 0 Å². The van der Waals surface area contributed by atoms with E-state index in [0.29, 0.717) is 31.8 Å². The SMILES string of the molecule is O=C(O)C1CCCCC1C(=O)N1CC(O)(C2CC2)C1. The Balaban J connectivity index is 1.62. The van der Waals surface area contributed by atoms with Crippen LogP contribution < -0.4 is 0 Å². The van der Waals surface area contributed by atoms with E-state index in [1.165, 1.54) is 0 Å². The molecule has 0 radical (unpaired) electrons. The first-order chi connectivity index (χ1) is 9.01. The molecule has 2 saturated carbocycles. The highest BCUT2D eigenvalue weighted by atomic mass is 16.4. The van der Waals surface area contributed by atoms with Gasteiger partial charge in [-0.05, 0) is 31.6 Å². The minimum Gasteiger partial charge on any atom is -0.481 e. The number of nitrogens with zero attached hydrogens (tertiary/aromatic N) is 1. The van der Waals surface area contributed by atoms with Gasteiger partial charge in [-0.15, -0.1) is 0 Å². The van der Waals surface area contributed by atoms with Crippen molar-refractivity contribution in [1.82, 2.24) is 4.90 Å². The van der Waals surface area contributed by atoms with Gasteiger partial charge in [0.2, 0.25) is 5.91 Å². The lowest BCUT2D eigenvalue weighted by molar-refractivity contribution is -0.169. The van der Waals surface area contributed by atoms with Gasteiger partial charge in [-0.25, -0.2) is 0 Å². The Morgan fingerprint density at radius 3 is 2.11 bits per heavy atom. The fourth-order valence-corrected chi connectivity index (χ4v) is 3.61. The molecule has 1 aliphatic heterocycles. The molecule has 3 aliphatic rings. The second kappa shape index (κ2) is 4.47. The first kappa shape index (κ1) is 12.9. The van der Waals surface area contributed by atoms with Crippen molar-refractivity contribution in [2.24, 2.45) is 17.8 Å². The Hall–Kier alpha value is -1.10. The molecule has 106 valence electrons. The van der Waals surface area contributed by atoms with E-state index in [-0.39, 0.29) is 11.8 Å². The third-order valence-electron chi connectivity index (χ3n) is 4.98. The molecule has 0 bridgehead atoms. The van der Waals surface area contributed by atoms with Crippen molar-refractivity contribution in [3.05, 3.63) is 0 Å². The topological polar surface area (TPSA) is 77.8 Å². The number of aliphatic carboxylic acids is 1. The highest BCUT2D eigenvalue weighted by Gasteiger charge is 2.54. The van der Waals surface area contributed by atoms with Gasteiger partial charge in [-0.1, -0.05) is 12.8 Å². The molecular weight excluding hydrogens is 246 g/mol. The average Bonchev–Trinajstić information content (AvgIpc) is 3.18. The summed E-state index contributed by atoms with van der Waals surface area (Å²) in [6.07, 6.45) is 5.22. The van der Waals surface area contributed by atoms with Gasteiger partial charge < -0.3 is 15.1 Å². The second-order valence-corrected chi connectivity index (χ2v) is 6.41. The maximum Gasteiger partial charge on any atom is 0.307 e. The van der Waals surface area contributed by atoms with Crippen molar-refractivity contribution < 1.29 is 19.8 Å². The molecular formula is C14H21NO4. The molecule has 0 spiro atoms. The Bertz CT molecular complexity index is 398. The van der Waals surface area contributed by atoms with Crippen molar-refractivity contribution in [2.45, 2.75) is 44.1 Å². The molecule has 0 aromatic carbocycles. The van der Waals surface area contributed by atoms with E-state index in [2.05, 4.69) is 0 Å². The number of rotatable bonds is 3. The molecule has 0 aromatic rings. The van der Waals surface area contributed by atoms with E-state index < -0.39 is 17.5 Å². The first-order valence-electron chi connectivity index (χ1n) is 7.25. The summed E-state index contributed by atoms with van der Waals surface area (Å²) in [6, 6.07) is 0. The fourth-order valence-electron chi connectivity index (χ4n) is 3.61. The van der Waals surface area contributed by atoms with Crippen LogP contribution in [0.5, 0.6) is 0 Å². The molecule has 1 heterocycles. The lowest BCUT2D eigenvalue weighted by atomic mass is 9.77. The first-order valence-corrected chi connectivity index (χ1v) is 7.25. The lowest BCUT2D eigenvalue weighted by Gasteiger charge is -2.48. The third-order valence-corrected chi connectivity index (χ3v) is 4.98. The van der Waals surface area contributed by atoms with Crippen molar-refractivity contribution >= 4 is 11.9 Å². The maximum atomic E-state index is 12.4. The largest absolute Gasteiger partial charge is 0.481 e. The third kappa shape index (κ3) is 2.24. The van der Waals surface area contributed by atoms with Crippen LogP contribution >= 0.6 is 0 Å². The molecule has 2 atom stereocenters. The number of aliphatic hydroxyl groups is 1. The van der Waals surface area contributed by atoms with Crippen LogP contribution in [0.15, 0.2) is 0 Å². The normalized spacial score (nSPS) is 33.6. The van der Waals surface area contributed by atoms with Crippen LogP contribution in [0.1, 0.15) is 38.5 Å². The van der Waals surface area contributed by atoms with Crippen LogP contribution in [0.25, 0.3) is 0 Å². The van der Waals surface area contributed by atoms with Crippen molar-refractivity contribution in [1.29, 1.82) is 0 Å². The van der Waals surface area contributed by atoms with Crippen LogP contribution in [0.2, 0.25) is 0 Å². The molecule has 3 fully saturated rings. The fraction of sp³-hybridized carbons (Fsp3) is 0.857. The van der Waals surface area contributed by atoms with Gasteiger partial charge in [-0.3, -0.25) is 9.59 Å². The van der Waals surface area contributed by atoms with Gasteiger partial charge in [0.05, 0.1) is 24.9 Å². The summed E-state index contributed by atoms with van der Waals surface area (Å²) >= 11 is 0. The summed E-state index contributed by atoms with van der Waals surface area (Å²) in [4.78, 5) is 25.3. The van der Waals surface area contributed by atoms with Crippen LogP contribution in [0.4, 0.5) is 0 Å². The number of hydrogen-bond acceptors (Lipinski definition) is 3. The monoisotopic (exact) mass is 267 g/mol. The molecule has 5 heteroatoms. The van der Waals surface area contributed by atoms with Gasteiger partial charge >= 0.3 is 5.97 Å². The molecule has 1 amide bonds. The zero-order valence-electron chi connectivity index (χ0n) is 11.0. The highest BCUT2D eigenvalue weighted by Crippen LogP contribution is 2.45. The number of β-amino-alcohol motifs (C(OH)–C–C–N with tert-alkyl or cyclic N) is 1. The van der Waals surface area contributed by atoms with Crippen LogP contribution in [-0.2, 0) is 9.59 Å². The Labute approximate surface area is 112 Å². The maximum absolute atomic E-state index is 12.4. The van der Waals surface area contributed by atoms with E-state index >= 15 is 0 Å². The van der Waals surface area contributed by atoms with E-state index in [1.54, 1.807) is 4.90 Å². The van der Waals surface area contributed by atoms with Gasteiger partial charge in [0.15, 0.2) is 0 Å². The molecule has 2 aliphatic carbocycles. The summed E-state index contributed by atoms with van der Waals surface area (Å²) in [5.74, 6) is -1.46. The molecule has 19 heavy (non-hydrogen) atoms. The Morgan fingerprint density at radius 2 is 1.58 bits per heavy atom. The average molecular weight is 267 g/mol. The summed E-state index contributed by atoms with van der Waals surface area (Å²) in [7, 11) is 0. The van der Waals surface area contributed by atoms with Crippen LogP contribution in [-0.4, -0.2) is 45.7 Å². The van der Waals surface area contributed by atoms with E-state index in [9.17, 15) is 19.8 Å². The summed E-state index contributed by atoms with van der Waals surface area (Å²) in [6.45, 7) is 0.804. The minimum absolute atomic E-state index is 0.0579. The van der Waals surface area contributed by atoms with Crippen molar-refractivity contribution in [3.8, 4) is 0 Å². The van der Waals surface area contributed by atoms with Gasteiger partial charge in [0.25, 0.3) is 0 Å². The number of carbonyl (C=O) groups is 2. The molecule has 2 unspecified atom stereocenters. The van der Waals surface area contributed by atoms with Crippen LogP contribution in [0, 0.1) is 17.8 Å². The van der Waals surface area contributed by atoms with E-state index in [1.807, 2.05) is 0 Å². The molecule has 5 nitrogen and oxygen atoms in total. The van der Waals surface area contributed by atoms with Crippen molar-refractivity contribution in [3.63, 3.8) is 0 Å². The smallest absolute Gasteiger partial charge is 0.307 e. The predicted octanol–water partition coefficient (Wildman–Crippen LogP) is 0.861. The molecule has 0 aromatic heterocycles. The predicted molar refractivity (Wildman–Crippen MR) is 67.3 cm³/mol. The number of hydrogen-bond donors (Lipinski definition) is 2. The molecule has 3 rings (SSSR count). The number of carboxylic acids is 1. The van der Waals surface area contributed by atoms with E-state index in [0.717, 1.165) is 25.7 Å². The summed E-state index contributed by atoms with van der Waals surface area (Å²) in [5, 5.41) is 19.4. The van der Waals surface area contributed by atoms with Crippen molar-refractivity contribution in [2.75, 3.05) is 13.1 Å². The van der Waals surface area contributed by atoms with Gasteiger partial charge in [-0.2, -0.15) is 0 Å². The summed E-state index contributed by atoms with van der Waals surface area (Å²) in [5.41, 5.74) is -0.678. The highest BCUT2D eigenvalue weighted by molar-refractivity contribution is 5.85. The van der Waals surface area contributed by atoms with E-state index in [4.69, 9.17) is 0 Å². The lowest BCUT2D eigenvalue weighted by Crippen LogP contribution is -2.66. The number of carboxylic acid groups (broad SMARTS) is 1. The number of amides is 1. The van der Waals surface area contributed by atoms with Gasteiger partial charge in [0.1, 0.15) is 5.60 Å². The Morgan fingerprint density at radius 1 is 1.00 bits per heavy atom. The molecule has 2 N–H and O–H groups in total. The second-order valence-electron chi connectivity index (χ2n) is 6.41.